The van der Waals surface area contributed by atoms with Gasteiger partial charge in [-0.15, -0.1) is 0 Å². The third-order valence-corrected chi connectivity index (χ3v) is 4.67. The van der Waals surface area contributed by atoms with Crippen LogP contribution in [0.1, 0.15) is 36.0 Å². The smallest absolute Gasteiger partial charge is 0.159 e. The van der Waals surface area contributed by atoms with Crippen LogP contribution < -0.4 is 5.32 Å². The van der Waals surface area contributed by atoms with E-state index in [-0.39, 0.29) is 0 Å². The van der Waals surface area contributed by atoms with Crippen molar-refractivity contribution in [3.8, 4) is 0 Å². The second-order valence-corrected chi connectivity index (χ2v) is 6.62. The molecular formula is C24H27N5. The lowest BCUT2D eigenvalue weighted by Crippen LogP contribution is -2.01. The van der Waals surface area contributed by atoms with Gasteiger partial charge in [-0.1, -0.05) is 66.7 Å². The van der Waals surface area contributed by atoms with Crippen molar-refractivity contribution in [2.75, 3.05) is 18.9 Å². The number of nitrogens with one attached hydrogen (secondary N) is 2. The number of benzene rings is 2. The molecule has 1 heterocycles. The monoisotopic (exact) mass is 385 g/mol. The van der Waals surface area contributed by atoms with Crippen LogP contribution in [0.4, 0.5) is 5.82 Å². The molecule has 29 heavy (non-hydrogen) atoms. The summed E-state index contributed by atoms with van der Waals surface area (Å²) in [7, 11) is 1.83. The molecule has 0 radical (unpaired) electrons. The van der Waals surface area contributed by atoms with E-state index in [9.17, 15) is 0 Å². The molecule has 1 aromatic heterocycles. The lowest BCUT2D eigenvalue weighted by Gasteiger charge is -2.09. The van der Waals surface area contributed by atoms with Crippen LogP contribution in [0.3, 0.4) is 0 Å². The number of rotatable bonds is 9. The molecular weight excluding hydrogens is 358 g/mol. The quantitative estimate of drug-likeness (QED) is 0.302. The predicted octanol–water partition coefficient (Wildman–Crippen LogP) is 5.20. The highest BCUT2D eigenvalue weighted by Crippen LogP contribution is 2.24. The number of hydrogen-bond acceptors (Lipinski definition) is 3. The van der Waals surface area contributed by atoms with E-state index in [1.807, 2.05) is 7.05 Å². The zero-order valence-electron chi connectivity index (χ0n) is 16.8. The first-order valence-corrected chi connectivity index (χ1v) is 9.87. The first-order chi connectivity index (χ1) is 14.3. The van der Waals surface area contributed by atoms with Gasteiger partial charge in [0.1, 0.15) is 5.82 Å². The minimum atomic E-state index is 0.618. The Hall–Kier alpha value is -3.47. The highest BCUT2D eigenvalue weighted by molar-refractivity contribution is 6.04. The maximum absolute atomic E-state index is 4.59. The summed E-state index contributed by atoms with van der Waals surface area (Å²) in [6.07, 6.45) is 7.09. The molecule has 3 rings (SSSR count). The Morgan fingerprint density at radius 1 is 1.03 bits per heavy atom. The molecule has 5 nitrogen and oxygen atoms in total. The van der Waals surface area contributed by atoms with Crippen molar-refractivity contribution in [1.29, 1.82) is 0 Å². The Bertz CT molecular complexity index is 914. The average molecular weight is 386 g/mol. The van der Waals surface area contributed by atoms with E-state index in [0.29, 0.717) is 12.4 Å². The Labute approximate surface area is 172 Å². The fourth-order valence-corrected chi connectivity index (χ4v) is 3.19. The van der Waals surface area contributed by atoms with Crippen molar-refractivity contribution >= 4 is 23.9 Å². The van der Waals surface area contributed by atoms with Gasteiger partial charge in [0.15, 0.2) is 5.84 Å². The SMILES string of the molecule is C=NC(=NCCCCC=C(c1ccccc1)c1ccccc1)c1cn[nH]c1NC. The first kappa shape index (κ1) is 20.3. The fourth-order valence-electron chi connectivity index (χ4n) is 3.19. The Kier molecular flexibility index (Phi) is 7.52. The molecule has 0 aliphatic heterocycles. The van der Waals surface area contributed by atoms with Gasteiger partial charge in [-0.2, -0.15) is 5.10 Å². The summed E-state index contributed by atoms with van der Waals surface area (Å²) in [5.74, 6) is 1.42. The molecule has 3 aromatic rings. The third-order valence-electron chi connectivity index (χ3n) is 4.67. The molecule has 0 atom stereocenters. The summed E-state index contributed by atoms with van der Waals surface area (Å²) in [5.41, 5.74) is 4.61. The van der Waals surface area contributed by atoms with Crippen LogP contribution in [-0.2, 0) is 0 Å². The van der Waals surface area contributed by atoms with E-state index in [0.717, 1.165) is 30.6 Å². The summed E-state index contributed by atoms with van der Waals surface area (Å²) < 4.78 is 0. The molecule has 0 saturated carbocycles. The summed E-state index contributed by atoms with van der Waals surface area (Å²) in [4.78, 5) is 8.65. The lowest BCUT2D eigenvalue weighted by molar-refractivity contribution is 0.759. The molecule has 0 amide bonds. The predicted molar refractivity (Wildman–Crippen MR) is 123 cm³/mol. The Morgan fingerprint density at radius 3 is 2.28 bits per heavy atom. The van der Waals surface area contributed by atoms with Gasteiger partial charge in [0.25, 0.3) is 0 Å². The maximum Gasteiger partial charge on any atom is 0.159 e. The van der Waals surface area contributed by atoms with Crippen molar-refractivity contribution in [2.45, 2.75) is 19.3 Å². The molecule has 0 aliphatic carbocycles. The van der Waals surface area contributed by atoms with Gasteiger partial charge in [0.05, 0.1) is 11.8 Å². The first-order valence-electron chi connectivity index (χ1n) is 9.87. The molecule has 5 heteroatoms. The summed E-state index contributed by atoms with van der Waals surface area (Å²) in [5, 5.41) is 9.97. The molecule has 0 aliphatic rings. The van der Waals surface area contributed by atoms with E-state index >= 15 is 0 Å². The van der Waals surface area contributed by atoms with Crippen LogP contribution in [0.15, 0.2) is 82.9 Å². The number of nitrogens with zero attached hydrogens (tertiary/aromatic N) is 3. The van der Waals surface area contributed by atoms with Crippen molar-refractivity contribution in [3.05, 3.63) is 89.6 Å². The number of aliphatic imine (C=N–C) groups is 2. The van der Waals surface area contributed by atoms with Gasteiger partial charge in [-0.25, -0.2) is 4.99 Å². The zero-order chi connectivity index (χ0) is 20.3. The second kappa shape index (κ2) is 10.8. The molecule has 2 N–H and O–H groups in total. The number of hydrogen-bond donors (Lipinski definition) is 2. The number of anilines is 1. The highest BCUT2D eigenvalue weighted by Gasteiger charge is 2.09. The van der Waals surface area contributed by atoms with Crippen LogP contribution in [0.2, 0.25) is 0 Å². The Morgan fingerprint density at radius 2 is 1.69 bits per heavy atom. The van der Waals surface area contributed by atoms with Crippen molar-refractivity contribution in [3.63, 3.8) is 0 Å². The normalized spacial score (nSPS) is 11.1. The van der Waals surface area contributed by atoms with Crippen molar-refractivity contribution in [1.82, 2.24) is 10.2 Å². The molecule has 0 saturated heterocycles. The van der Waals surface area contributed by atoms with Crippen molar-refractivity contribution < 1.29 is 0 Å². The summed E-state index contributed by atoms with van der Waals surface area (Å²) in [6.45, 7) is 4.35. The summed E-state index contributed by atoms with van der Waals surface area (Å²) in [6, 6.07) is 21.1. The van der Waals surface area contributed by atoms with Crippen LogP contribution in [0, 0.1) is 0 Å². The van der Waals surface area contributed by atoms with Gasteiger partial charge >= 0.3 is 0 Å². The fraction of sp³-hybridized carbons (Fsp3) is 0.208. The highest BCUT2D eigenvalue weighted by atomic mass is 15.2. The topological polar surface area (TPSA) is 65.4 Å². The minimum Gasteiger partial charge on any atom is -0.373 e. The van der Waals surface area contributed by atoms with E-state index in [4.69, 9.17) is 0 Å². The van der Waals surface area contributed by atoms with E-state index in [1.54, 1.807) is 6.20 Å². The largest absolute Gasteiger partial charge is 0.373 e. The number of aromatic nitrogens is 2. The van der Waals surface area contributed by atoms with Crippen LogP contribution in [0.5, 0.6) is 0 Å². The van der Waals surface area contributed by atoms with Crippen LogP contribution in [-0.4, -0.2) is 36.3 Å². The standard InChI is InChI=1S/C24H27N5/c1-25-23(22-18-28-29-24(22)26-2)27-17-11-5-10-16-21(19-12-6-3-7-13-19)20-14-8-4-9-15-20/h3-4,6-9,12-16,18H,1,5,10-11,17H2,2H3,(H2,26,28,29). The second-order valence-electron chi connectivity index (χ2n) is 6.62. The molecule has 0 spiro atoms. The average Bonchev–Trinajstić information content (AvgIpc) is 3.26. The van der Waals surface area contributed by atoms with E-state index < -0.39 is 0 Å². The molecule has 2 aromatic carbocycles. The van der Waals surface area contributed by atoms with E-state index in [1.165, 1.54) is 16.7 Å². The van der Waals surface area contributed by atoms with E-state index in [2.05, 4.69) is 99.0 Å². The summed E-state index contributed by atoms with van der Waals surface area (Å²) >= 11 is 0. The molecule has 0 fully saturated rings. The van der Waals surface area contributed by atoms with Gasteiger partial charge < -0.3 is 5.32 Å². The number of aromatic amines is 1. The minimum absolute atomic E-state index is 0.618. The molecule has 148 valence electrons. The van der Waals surface area contributed by atoms with Gasteiger partial charge in [-0.3, -0.25) is 10.1 Å². The third kappa shape index (κ3) is 5.51. The number of allylic oxidation sites excluding steroid dienone is 1. The van der Waals surface area contributed by atoms with Crippen LogP contribution in [0.25, 0.3) is 5.57 Å². The molecule has 0 bridgehead atoms. The number of unbranched alkanes of at least 4 members (excludes halogenated alkanes) is 2. The maximum atomic E-state index is 4.59. The van der Waals surface area contributed by atoms with Gasteiger partial charge in [0, 0.05) is 13.6 Å². The van der Waals surface area contributed by atoms with Crippen molar-refractivity contribution in [2.24, 2.45) is 9.98 Å². The number of amidine groups is 1. The van der Waals surface area contributed by atoms with Gasteiger partial charge in [0.2, 0.25) is 0 Å². The van der Waals surface area contributed by atoms with Gasteiger partial charge in [-0.05, 0) is 42.7 Å². The Balaban J connectivity index is 1.61. The van der Waals surface area contributed by atoms with Crippen LogP contribution >= 0.6 is 0 Å². The zero-order valence-corrected chi connectivity index (χ0v) is 16.8. The molecule has 0 unspecified atom stereocenters. The lowest BCUT2D eigenvalue weighted by atomic mass is 9.96. The number of H-pyrrole nitrogens is 1.